The van der Waals surface area contributed by atoms with E-state index in [0.29, 0.717) is 5.56 Å². The van der Waals surface area contributed by atoms with Crippen molar-refractivity contribution >= 4 is 17.3 Å². The minimum atomic E-state index is -0.516. The largest absolute Gasteiger partial charge is 0.314 e. The quantitative estimate of drug-likeness (QED) is 0.455. The second kappa shape index (κ2) is 4.28. The predicted octanol–water partition coefficient (Wildman–Crippen LogP) is 3.31. The summed E-state index contributed by atoms with van der Waals surface area (Å²) in [4.78, 5) is 14.1. The molecule has 0 atom stereocenters. The Morgan fingerprint density at radius 2 is 1.88 bits per heavy atom. The monoisotopic (exact) mass is 234 g/mol. The molecule has 0 aliphatic carbocycles. The molecular weight excluding hydrogens is 228 g/mol. The highest BCUT2D eigenvalue weighted by atomic mass is 35.5. The molecule has 0 fully saturated rings. The van der Waals surface area contributed by atoms with Crippen LogP contribution in [-0.4, -0.2) is 9.91 Å². The lowest BCUT2D eigenvalue weighted by molar-refractivity contribution is -0.384. The Bertz CT molecular complexity index is 529. The average molecular weight is 235 g/mol. The SMILES string of the molecule is O=[N+]([O-])c1c(-c2ccccc2)ccnc1Cl. The molecule has 0 radical (unpaired) electrons. The lowest BCUT2D eigenvalue weighted by atomic mass is 10.1. The highest BCUT2D eigenvalue weighted by molar-refractivity contribution is 6.32. The number of pyridine rings is 1. The van der Waals surface area contributed by atoms with Crippen molar-refractivity contribution in [3.8, 4) is 11.1 Å². The topological polar surface area (TPSA) is 56.0 Å². The van der Waals surface area contributed by atoms with Gasteiger partial charge in [0.05, 0.1) is 10.5 Å². The summed E-state index contributed by atoms with van der Waals surface area (Å²) in [7, 11) is 0. The Balaban J connectivity index is 2.66. The van der Waals surface area contributed by atoms with Gasteiger partial charge in [-0.1, -0.05) is 41.9 Å². The molecule has 0 saturated heterocycles. The fourth-order valence-corrected chi connectivity index (χ4v) is 1.68. The summed E-state index contributed by atoms with van der Waals surface area (Å²) >= 11 is 5.72. The predicted molar refractivity (Wildman–Crippen MR) is 61.3 cm³/mol. The van der Waals surface area contributed by atoms with E-state index < -0.39 is 4.92 Å². The standard InChI is InChI=1S/C11H7ClN2O2/c12-11-10(14(15)16)9(6-7-13-11)8-4-2-1-3-5-8/h1-7H. The van der Waals surface area contributed by atoms with Gasteiger partial charge in [-0.05, 0) is 11.6 Å². The van der Waals surface area contributed by atoms with E-state index in [4.69, 9.17) is 11.6 Å². The van der Waals surface area contributed by atoms with E-state index in [2.05, 4.69) is 4.98 Å². The normalized spacial score (nSPS) is 10.1. The van der Waals surface area contributed by atoms with Crippen molar-refractivity contribution in [3.63, 3.8) is 0 Å². The van der Waals surface area contributed by atoms with Crippen LogP contribution < -0.4 is 0 Å². The number of benzene rings is 1. The van der Waals surface area contributed by atoms with Crippen LogP contribution in [-0.2, 0) is 0 Å². The summed E-state index contributed by atoms with van der Waals surface area (Å²) in [5.41, 5.74) is 1.07. The first-order valence-electron chi connectivity index (χ1n) is 4.54. The molecule has 80 valence electrons. The molecule has 5 heteroatoms. The zero-order valence-corrected chi connectivity index (χ0v) is 8.89. The van der Waals surface area contributed by atoms with Crippen LogP contribution in [0.5, 0.6) is 0 Å². The average Bonchev–Trinajstić information content (AvgIpc) is 2.29. The molecule has 0 unspecified atom stereocenters. The van der Waals surface area contributed by atoms with Crippen molar-refractivity contribution in [2.45, 2.75) is 0 Å². The van der Waals surface area contributed by atoms with Gasteiger partial charge < -0.3 is 0 Å². The molecule has 0 bridgehead atoms. The molecule has 0 aliphatic rings. The maximum absolute atomic E-state index is 10.9. The van der Waals surface area contributed by atoms with Crippen molar-refractivity contribution in [1.29, 1.82) is 0 Å². The maximum Gasteiger partial charge on any atom is 0.314 e. The minimum absolute atomic E-state index is 0.0913. The first-order chi connectivity index (χ1) is 7.70. The summed E-state index contributed by atoms with van der Waals surface area (Å²) in [6.07, 6.45) is 1.46. The number of rotatable bonds is 2. The Kier molecular flexibility index (Phi) is 2.83. The second-order valence-corrected chi connectivity index (χ2v) is 3.48. The molecule has 0 saturated carbocycles. The van der Waals surface area contributed by atoms with E-state index in [9.17, 15) is 10.1 Å². The Morgan fingerprint density at radius 3 is 2.50 bits per heavy atom. The zero-order valence-electron chi connectivity index (χ0n) is 8.13. The van der Waals surface area contributed by atoms with Gasteiger partial charge in [-0.3, -0.25) is 10.1 Å². The molecule has 1 aromatic heterocycles. The third-order valence-electron chi connectivity index (χ3n) is 2.15. The summed E-state index contributed by atoms with van der Waals surface area (Å²) in [5.74, 6) is 0. The summed E-state index contributed by atoms with van der Waals surface area (Å²) in [5, 5.41) is 10.8. The van der Waals surface area contributed by atoms with Crippen molar-refractivity contribution in [2.75, 3.05) is 0 Å². The summed E-state index contributed by atoms with van der Waals surface area (Å²) in [6, 6.07) is 10.6. The number of nitro groups is 1. The van der Waals surface area contributed by atoms with E-state index in [-0.39, 0.29) is 10.8 Å². The van der Waals surface area contributed by atoms with Crippen LogP contribution in [0.3, 0.4) is 0 Å². The van der Waals surface area contributed by atoms with Crippen LogP contribution in [0, 0.1) is 10.1 Å². The fourth-order valence-electron chi connectivity index (χ4n) is 1.45. The number of aromatic nitrogens is 1. The van der Waals surface area contributed by atoms with E-state index in [1.165, 1.54) is 6.20 Å². The van der Waals surface area contributed by atoms with Crippen molar-refractivity contribution in [1.82, 2.24) is 4.98 Å². The molecule has 0 spiro atoms. The van der Waals surface area contributed by atoms with E-state index in [1.807, 2.05) is 18.2 Å². The van der Waals surface area contributed by atoms with Gasteiger partial charge in [0.15, 0.2) is 0 Å². The number of nitrogens with zero attached hydrogens (tertiary/aromatic N) is 2. The summed E-state index contributed by atoms with van der Waals surface area (Å²) in [6.45, 7) is 0. The number of halogens is 1. The van der Waals surface area contributed by atoms with Gasteiger partial charge in [-0.25, -0.2) is 4.98 Å². The Morgan fingerprint density at radius 1 is 1.19 bits per heavy atom. The zero-order chi connectivity index (χ0) is 11.5. The fraction of sp³-hybridized carbons (Fsp3) is 0. The second-order valence-electron chi connectivity index (χ2n) is 3.12. The third-order valence-corrected chi connectivity index (χ3v) is 2.42. The van der Waals surface area contributed by atoms with E-state index in [0.717, 1.165) is 5.56 Å². The van der Waals surface area contributed by atoms with Crippen LogP contribution in [0.15, 0.2) is 42.6 Å². The van der Waals surface area contributed by atoms with Crippen LogP contribution >= 0.6 is 11.6 Å². The van der Waals surface area contributed by atoms with Gasteiger partial charge in [-0.15, -0.1) is 0 Å². The number of hydrogen-bond acceptors (Lipinski definition) is 3. The van der Waals surface area contributed by atoms with Crippen molar-refractivity contribution in [3.05, 3.63) is 57.9 Å². The third kappa shape index (κ3) is 1.87. The number of hydrogen-bond donors (Lipinski definition) is 0. The van der Waals surface area contributed by atoms with Gasteiger partial charge in [-0.2, -0.15) is 0 Å². The van der Waals surface area contributed by atoms with Crippen molar-refractivity contribution in [2.24, 2.45) is 0 Å². The molecule has 16 heavy (non-hydrogen) atoms. The van der Waals surface area contributed by atoms with Crippen LogP contribution in [0.2, 0.25) is 5.15 Å². The molecule has 1 heterocycles. The van der Waals surface area contributed by atoms with E-state index >= 15 is 0 Å². The lowest BCUT2D eigenvalue weighted by Crippen LogP contribution is -1.94. The van der Waals surface area contributed by atoms with Gasteiger partial charge in [0.25, 0.3) is 0 Å². The molecule has 4 nitrogen and oxygen atoms in total. The first kappa shape index (κ1) is 10.6. The molecular formula is C11H7ClN2O2. The maximum atomic E-state index is 10.9. The lowest BCUT2D eigenvalue weighted by Gasteiger charge is -2.03. The molecule has 1 aromatic carbocycles. The van der Waals surface area contributed by atoms with Crippen LogP contribution in [0.25, 0.3) is 11.1 Å². The van der Waals surface area contributed by atoms with Gasteiger partial charge in [0.2, 0.25) is 5.15 Å². The molecule has 0 aliphatic heterocycles. The first-order valence-corrected chi connectivity index (χ1v) is 4.92. The molecule has 2 rings (SSSR count). The summed E-state index contributed by atoms with van der Waals surface area (Å²) < 4.78 is 0. The highest BCUT2D eigenvalue weighted by Gasteiger charge is 2.20. The van der Waals surface area contributed by atoms with Crippen molar-refractivity contribution < 1.29 is 4.92 Å². The molecule has 0 amide bonds. The minimum Gasteiger partial charge on any atom is -0.258 e. The highest BCUT2D eigenvalue weighted by Crippen LogP contribution is 2.33. The Labute approximate surface area is 96.7 Å². The molecule has 0 N–H and O–H groups in total. The van der Waals surface area contributed by atoms with Crippen LogP contribution in [0.1, 0.15) is 0 Å². The Hall–Kier alpha value is -1.94. The van der Waals surface area contributed by atoms with E-state index in [1.54, 1.807) is 18.2 Å². The van der Waals surface area contributed by atoms with Crippen LogP contribution in [0.4, 0.5) is 5.69 Å². The van der Waals surface area contributed by atoms with Gasteiger partial charge in [0.1, 0.15) is 0 Å². The molecule has 2 aromatic rings. The van der Waals surface area contributed by atoms with Gasteiger partial charge in [0, 0.05) is 6.20 Å². The smallest absolute Gasteiger partial charge is 0.258 e. The van der Waals surface area contributed by atoms with Gasteiger partial charge >= 0.3 is 5.69 Å².